The van der Waals surface area contributed by atoms with E-state index in [4.69, 9.17) is 0 Å². The first-order valence-corrected chi connectivity index (χ1v) is 5.67. The average Bonchev–Trinajstić information content (AvgIpc) is 2.37. The number of carbonyl (C=O) groups is 1. The average molecular weight is 315 g/mol. The van der Waals surface area contributed by atoms with Crippen molar-refractivity contribution in [3.63, 3.8) is 0 Å². The number of alkyl halides is 4. The molecule has 0 atom stereocenters. The van der Waals surface area contributed by atoms with Gasteiger partial charge in [-0.1, -0.05) is 15.9 Å². The molecule has 16 heavy (non-hydrogen) atoms. The lowest BCUT2D eigenvalue weighted by atomic mass is 10.1. The molecule has 1 aromatic carbocycles. The van der Waals surface area contributed by atoms with E-state index in [2.05, 4.69) is 15.9 Å². The first-order chi connectivity index (χ1) is 7.34. The van der Waals surface area contributed by atoms with E-state index in [0.29, 0.717) is 0 Å². The molecule has 0 saturated carbocycles. The molecule has 7 heteroatoms. The highest BCUT2D eigenvalue weighted by atomic mass is 79.9. The molecule has 1 nitrogen and oxygen atoms in total. The van der Waals surface area contributed by atoms with E-state index in [0.717, 1.165) is 6.07 Å². The van der Waals surface area contributed by atoms with Crippen molar-refractivity contribution >= 4 is 33.5 Å². The van der Waals surface area contributed by atoms with Gasteiger partial charge in [0.2, 0.25) is 5.78 Å². The molecule has 2 rings (SSSR count). The predicted octanol–water partition coefficient (Wildman–Crippen LogP) is 4.27. The Morgan fingerprint density at radius 3 is 2.50 bits per heavy atom. The molecule has 86 valence electrons. The molecule has 0 spiro atoms. The number of rotatable bonds is 1. The van der Waals surface area contributed by atoms with Crippen molar-refractivity contribution in [3.05, 3.63) is 27.7 Å². The van der Waals surface area contributed by atoms with E-state index in [9.17, 15) is 22.4 Å². The first-order valence-electron chi connectivity index (χ1n) is 4.07. The second kappa shape index (κ2) is 3.73. The molecule has 0 saturated heterocycles. The molecule has 1 aliphatic heterocycles. The summed E-state index contributed by atoms with van der Waals surface area (Å²) in [5.74, 6) is -1.41. The standard InChI is InChI=1S/C9H3BrF4OS/c10-4-2-1-3-6(5(4)8(11)12)16-9(13,14)7(3)15/h1-2,8H. The number of thioether (sulfide) groups is 1. The number of fused-ring (bicyclic) bond motifs is 1. The molecular formula is C9H3BrF4OS. The second-order valence-electron chi connectivity index (χ2n) is 3.09. The van der Waals surface area contributed by atoms with E-state index < -0.39 is 23.0 Å². The van der Waals surface area contributed by atoms with Gasteiger partial charge in [-0.25, -0.2) is 8.78 Å². The van der Waals surface area contributed by atoms with Crippen LogP contribution < -0.4 is 0 Å². The van der Waals surface area contributed by atoms with Crippen LogP contribution in [-0.4, -0.2) is 11.0 Å². The van der Waals surface area contributed by atoms with Crippen LogP contribution in [0.3, 0.4) is 0 Å². The van der Waals surface area contributed by atoms with Crippen molar-refractivity contribution in [2.75, 3.05) is 0 Å². The molecule has 1 heterocycles. The molecule has 0 unspecified atom stereocenters. The Hall–Kier alpha value is -0.560. The van der Waals surface area contributed by atoms with E-state index in [-0.39, 0.29) is 26.7 Å². The first kappa shape index (κ1) is 11.9. The summed E-state index contributed by atoms with van der Waals surface area (Å²) in [5.41, 5.74) is -0.887. The fourth-order valence-electron chi connectivity index (χ4n) is 1.40. The molecule has 0 aromatic heterocycles. The van der Waals surface area contributed by atoms with E-state index in [1.807, 2.05) is 0 Å². The summed E-state index contributed by atoms with van der Waals surface area (Å²) in [6, 6.07) is 2.31. The minimum atomic E-state index is -3.65. The highest BCUT2D eigenvalue weighted by molar-refractivity contribution is 9.10. The Bertz CT molecular complexity index is 475. The number of hydrogen-bond donors (Lipinski definition) is 0. The quantitative estimate of drug-likeness (QED) is 0.720. The number of benzene rings is 1. The molecular weight excluding hydrogens is 312 g/mol. The molecule has 0 aliphatic carbocycles. The summed E-state index contributed by atoms with van der Waals surface area (Å²) in [6.07, 6.45) is -2.90. The van der Waals surface area contributed by atoms with Gasteiger partial charge in [0, 0.05) is 20.5 Å². The maximum Gasteiger partial charge on any atom is 0.360 e. The Balaban J connectivity index is 2.66. The Kier molecular flexibility index (Phi) is 2.78. The third kappa shape index (κ3) is 1.66. The van der Waals surface area contributed by atoms with E-state index in [1.54, 1.807) is 0 Å². The highest BCUT2D eigenvalue weighted by Crippen LogP contribution is 2.51. The summed E-state index contributed by atoms with van der Waals surface area (Å²) >= 11 is 2.74. The van der Waals surface area contributed by atoms with Crippen LogP contribution in [-0.2, 0) is 0 Å². The van der Waals surface area contributed by atoms with Gasteiger partial charge >= 0.3 is 5.25 Å². The van der Waals surface area contributed by atoms with E-state index in [1.165, 1.54) is 6.07 Å². The van der Waals surface area contributed by atoms with Crippen molar-refractivity contribution in [1.29, 1.82) is 0 Å². The molecule has 1 aliphatic rings. The van der Waals surface area contributed by atoms with Crippen LogP contribution in [0.1, 0.15) is 22.3 Å². The number of carbonyl (C=O) groups excluding carboxylic acids is 1. The molecule has 0 radical (unpaired) electrons. The summed E-state index contributed by atoms with van der Waals surface area (Å²) in [6.45, 7) is 0. The Morgan fingerprint density at radius 1 is 1.31 bits per heavy atom. The van der Waals surface area contributed by atoms with Crippen LogP contribution in [0.15, 0.2) is 21.5 Å². The van der Waals surface area contributed by atoms with Gasteiger partial charge in [0.1, 0.15) is 0 Å². The van der Waals surface area contributed by atoms with Crippen LogP contribution in [0, 0.1) is 0 Å². The van der Waals surface area contributed by atoms with Crippen LogP contribution in [0.2, 0.25) is 0 Å². The molecule has 0 bridgehead atoms. The normalized spacial score (nSPS) is 18.0. The van der Waals surface area contributed by atoms with Crippen LogP contribution in [0.25, 0.3) is 0 Å². The SMILES string of the molecule is O=C1c2ccc(Br)c(C(F)F)c2SC1(F)F. The smallest absolute Gasteiger partial charge is 0.286 e. The van der Waals surface area contributed by atoms with Crippen molar-refractivity contribution in [2.45, 2.75) is 16.6 Å². The lowest BCUT2D eigenvalue weighted by molar-refractivity contribution is 0.0582. The zero-order valence-corrected chi connectivity index (χ0v) is 9.84. The van der Waals surface area contributed by atoms with Crippen molar-refractivity contribution in [1.82, 2.24) is 0 Å². The van der Waals surface area contributed by atoms with Gasteiger partial charge in [-0.2, -0.15) is 8.78 Å². The van der Waals surface area contributed by atoms with Crippen LogP contribution in [0.4, 0.5) is 17.6 Å². The minimum absolute atomic E-state index is 0.0271. The van der Waals surface area contributed by atoms with Gasteiger partial charge in [-0.3, -0.25) is 4.79 Å². The Morgan fingerprint density at radius 2 is 1.94 bits per heavy atom. The van der Waals surface area contributed by atoms with E-state index >= 15 is 0 Å². The number of ketones is 1. The monoisotopic (exact) mass is 314 g/mol. The molecule has 0 fully saturated rings. The molecule has 0 amide bonds. The minimum Gasteiger partial charge on any atom is -0.286 e. The molecule has 0 N–H and O–H groups in total. The van der Waals surface area contributed by atoms with Gasteiger partial charge in [0.25, 0.3) is 6.43 Å². The number of hydrogen-bond acceptors (Lipinski definition) is 2. The summed E-state index contributed by atoms with van der Waals surface area (Å²) in [7, 11) is 0. The largest absolute Gasteiger partial charge is 0.360 e. The number of halogens is 5. The topological polar surface area (TPSA) is 17.1 Å². The van der Waals surface area contributed by atoms with Crippen molar-refractivity contribution in [3.8, 4) is 0 Å². The van der Waals surface area contributed by atoms with Crippen LogP contribution in [0.5, 0.6) is 0 Å². The predicted molar refractivity (Wildman–Crippen MR) is 54.2 cm³/mol. The Labute approximate surface area is 100 Å². The van der Waals surface area contributed by atoms with Crippen molar-refractivity contribution in [2.24, 2.45) is 0 Å². The van der Waals surface area contributed by atoms with Gasteiger partial charge < -0.3 is 0 Å². The third-order valence-corrected chi connectivity index (χ3v) is 3.88. The van der Waals surface area contributed by atoms with Gasteiger partial charge in [-0.15, -0.1) is 0 Å². The van der Waals surface area contributed by atoms with Gasteiger partial charge in [0.15, 0.2) is 0 Å². The molecule has 1 aromatic rings. The zero-order chi connectivity index (χ0) is 12.1. The van der Waals surface area contributed by atoms with Gasteiger partial charge in [0.05, 0.1) is 0 Å². The summed E-state index contributed by atoms with van der Waals surface area (Å²) in [4.78, 5) is 10.8. The zero-order valence-electron chi connectivity index (χ0n) is 7.44. The van der Waals surface area contributed by atoms with Crippen LogP contribution >= 0.6 is 27.7 Å². The highest BCUT2D eigenvalue weighted by Gasteiger charge is 2.49. The lowest BCUT2D eigenvalue weighted by Crippen LogP contribution is -2.18. The maximum atomic E-state index is 13.1. The van der Waals surface area contributed by atoms with Crippen molar-refractivity contribution < 1.29 is 22.4 Å². The third-order valence-electron chi connectivity index (χ3n) is 2.10. The summed E-state index contributed by atoms with van der Waals surface area (Å²) in [5, 5.41) is -3.65. The second-order valence-corrected chi connectivity index (χ2v) is 5.07. The number of Topliss-reactive ketones (excluding diaryl/α,β-unsaturated/α-hetero) is 1. The maximum absolute atomic E-state index is 13.1. The lowest BCUT2D eigenvalue weighted by Gasteiger charge is -2.08. The van der Waals surface area contributed by atoms with Gasteiger partial charge in [-0.05, 0) is 23.9 Å². The summed E-state index contributed by atoms with van der Waals surface area (Å²) < 4.78 is 51.5. The fourth-order valence-corrected chi connectivity index (χ4v) is 3.07. The fraction of sp³-hybridized carbons (Fsp3) is 0.222.